The first-order chi connectivity index (χ1) is 9.70. The van der Waals surface area contributed by atoms with Crippen LogP contribution in [-0.2, 0) is 5.41 Å². The van der Waals surface area contributed by atoms with Gasteiger partial charge in [0.25, 0.3) is 5.69 Å². The van der Waals surface area contributed by atoms with Crippen molar-refractivity contribution in [1.82, 2.24) is 14.9 Å². The Morgan fingerprint density at radius 2 is 2.05 bits per heavy atom. The first kappa shape index (κ1) is 15.2. The van der Waals surface area contributed by atoms with Gasteiger partial charge in [0.1, 0.15) is 5.82 Å². The molecule has 0 saturated heterocycles. The van der Waals surface area contributed by atoms with Gasteiger partial charge in [0.15, 0.2) is 5.82 Å². The molecule has 0 atom stereocenters. The quantitative estimate of drug-likeness (QED) is 0.531. The Hall–Kier alpha value is -2.16. The highest BCUT2D eigenvalue weighted by molar-refractivity contribution is 7.99. The summed E-state index contributed by atoms with van der Waals surface area (Å²) in [4.78, 5) is 10.6. The second kappa shape index (κ2) is 5.32. The van der Waals surface area contributed by atoms with Gasteiger partial charge in [-0.15, -0.1) is 10.2 Å². The van der Waals surface area contributed by atoms with Crippen molar-refractivity contribution in [1.29, 1.82) is 0 Å². The molecule has 0 aliphatic carbocycles. The second-order valence-electron chi connectivity index (χ2n) is 5.40. The van der Waals surface area contributed by atoms with Crippen LogP contribution in [0.2, 0.25) is 0 Å². The van der Waals surface area contributed by atoms with E-state index in [4.69, 9.17) is 5.84 Å². The van der Waals surface area contributed by atoms with E-state index in [1.54, 1.807) is 0 Å². The molecule has 0 spiro atoms. The van der Waals surface area contributed by atoms with Gasteiger partial charge in [-0.1, -0.05) is 20.8 Å². The summed E-state index contributed by atoms with van der Waals surface area (Å²) in [6.45, 7) is 5.78. The van der Waals surface area contributed by atoms with E-state index in [9.17, 15) is 14.5 Å². The second-order valence-corrected chi connectivity index (χ2v) is 6.41. The van der Waals surface area contributed by atoms with Crippen LogP contribution in [0.25, 0.3) is 0 Å². The molecule has 0 unspecified atom stereocenters. The van der Waals surface area contributed by atoms with Crippen LogP contribution >= 0.6 is 11.8 Å². The van der Waals surface area contributed by atoms with Crippen LogP contribution < -0.4 is 5.84 Å². The van der Waals surface area contributed by atoms with Gasteiger partial charge in [-0.2, -0.15) is 0 Å². The molecule has 0 saturated carbocycles. The van der Waals surface area contributed by atoms with Gasteiger partial charge in [-0.25, -0.2) is 9.07 Å². The molecule has 7 nitrogen and oxygen atoms in total. The number of rotatable bonds is 3. The normalized spacial score (nSPS) is 11.6. The minimum absolute atomic E-state index is 0.251. The third-order valence-corrected chi connectivity index (χ3v) is 3.68. The summed E-state index contributed by atoms with van der Waals surface area (Å²) in [6.07, 6.45) is 0. The molecular formula is C12H14FN5O2S. The first-order valence-corrected chi connectivity index (χ1v) is 6.84. The molecule has 1 aromatic carbocycles. The SMILES string of the molecule is CC(C)(C)c1nnc(Sc2ccc(F)cc2[N+](=O)[O-])n1N. The van der Waals surface area contributed by atoms with Crippen LogP contribution in [0.5, 0.6) is 0 Å². The topological polar surface area (TPSA) is 99.9 Å². The Morgan fingerprint density at radius 3 is 2.57 bits per heavy atom. The van der Waals surface area contributed by atoms with Crippen LogP contribution in [0, 0.1) is 15.9 Å². The average Bonchev–Trinajstić information content (AvgIpc) is 2.72. The van der Waals surface area contributed by atoms with Gasteiger partial charge >= 0.3 is 0 Å². The van der Waals surface area contributed by atoms with Crippen molar-refractivity contribution < 1.29 is 9.31 Å². The van der Waals surface area contributed by atoms with E-state index in [1.807, 2.05) is 20.8 Å². The van der Waals surface area contributed by atoms with Crippen LogP contribution in [0.15, 0.2) is 28.3 Å². The van der Waals surface area contributed by atoms with Crippen LogP contribution in [0.1, 0.15) is 26.6 Å². The molecule has 2 N–H and O–H groups in total. The molecule has 2 rings (SSSR count). The van der Waals surface area contributed by atoms with Crippen molar-refractivity contribution in [2.45, 2.75) is 36.2 Å². The Labute approximate surface area is 124 Å². The van der Waals surface area contributed by atoms with Crippen molar-refractivity contribution in [3.05, 3.63) is 40.0 Å². The number of nitrogens with zero attached hydrogens (tertiary/aromatic N) is 4. The van der Waals surface area contributed by atoms with Crippen LogP contribution in [0.3, 0.4) is 0 Å². The largest absolute Gasteiger partial charge is 0.336 e. The smallest absolute Gasteiger partial charge is 0.286 e. The van der Waals surface area contributed by atoms with Crippen molar-refractivity contribution in [3.8, 4) is 0 Å². The summed E-state index contributed by atoms with van der Waals surface area (Å²) < 4.78 is 14.4. The number of nitrogens with two attached hydrogens (primary N) is 1. The molecule has 9 heteroatoms. The number of hydrogen-bond donors (Lipinski definition) is 1. The fourth-order valence-corrected chi connectivity index (χ4v) is 2.51. The molecule has 0 aliphatic heterocycles. The fraction of sp³-hybridized carbons (Fsp3) is 0.333. The lowest BCUT2D eigenvalue weighted by Gasteiger charge is -2.16. The predicted octanol–water partition coefficient (Wildman–Crippen LogP) is 2.49. The molecule has 1 heterocycles. The zero-order chi connectivity index (χ0) is 15.8. The van der Waals surface area contributed by atoms with E-state index in [0.29, 0.717) is 11.0 Å². The van der Waals surface area contributed by atoms with Crippen LogP contribution in [0.4, 0.5) is 10.1 Å². The number of nitrogen functional groups attached to an aromatic ring is 1. The van der Waals surface area contributed by atoms with Crippen molar-refractivity contribution in [2.75, 3.05) is 5.84 Å². The number of nitro benzene ring substituents is 1. The molecule has 0 amide bonds. The van der Waals surface area contributed by atoms with Crippen molar-refractivity contribution in [2.24, 2.45) is 0 Å². The molecule has 0 aliphatic rings. The van der Waals surface area contributed by atoms with E-state index in [0.717, 1.165) is 23.9 Å². The third kappa shape index (κ3) is 3.13. The van der Waals surface area contributed by atoms with Crippen LogP contribution in [-0.4, -0.2) is 19.8 Å². The predicted molar refractivity (Wildman–Crippen MR) is 76.0 cm³/mol. The van der Waals surface area contributed by atoms with Gasteiger partial charge in [0.2, 0.25) is 5.16 Å². The molecule has 0 bridgehead atoms. The first-order valence-electron chi connectivity index (χ1n) is 6.03. The van der Waals surface area contributed by atoms with Gasteiger partial charge < -0.3 is 5.84 Å². The summed E-state index contributed by atoms with van der Waals surface area (Å²) >= 11 is 0.971. The minimum atomic E-state index is -0.671. The van der Waals surface area contributed by atoms with Gasteiger partial charge in [-0.3, -0.25) is 10.1 Å². The third-order valence-electron chi connectivity index (χ3n) is 2.65. The molecule has 2 aromatic rings. The summed E-state index contributed by atoms with van der Waals surface area (Å²) in [5.41, 5.74) is -0.643. The highest BCUT2D eigenvalue weighted by Crippen LogP contribution is 2.34. The van der Waals surface area contributed by atoms with E-state index in [-0.39, 0.29) is 16.0 Å². The number of benzene rings is 1. The van der Waals surface area contributed by atoms with Gasteiger partial charge in [-0.05, 0) is 23.9 Å². The number of hydrogen-bond acceptors (Lipinski definition) is 6. The van der Waals surface area contributed by atoms with Gasteiger partial charge in [0, 0.05) is 5.41 Å². The minimum Gasteiger partial charge on any atom is -0.336 e. The molecule has 1 aromatic heterocycles. The van der Waals surface area contributed by atoms with E-state index >= 15 is 0 Å². The lowest BCUT2D eigenvalue weighted by Crippen LogP contribution is -2.24. The highest BCUT2D eigenvalue weighted by atomic mass is 32.2. The fourth-order valence-electron chi connectivity index (χ4n) is 1.68. The lowest BCUT2D eigenvalue weighted by molar-refractivity contribution is -0.387. The lowest BCUT2D eigenvalue weighted by atomic mass is 9.96. The number of nitro groups is 1. The molecule has 21 heavy (non-hydrogen) atoms. The number of aromatic nitrogens is 3. The zero-order valence-corrected chi connectivity index (χ0v) is 12.5. The maximum absolute atomic E-state index is 13.1. The summed E-state index contributed by atoms with van der Waals surface area (Å²) in [5.74, 6) is 5.80. The maximum Gasteiger partial charge on any atom is 0.286 e. The van der Waals surface area contributed by atoms with E-state index < -0.39 is 10.7 Å². The standard InChI is InChI=1S/C12H14FN5O2S/c1-12(2,3)10-15-16-11(17(10)14)21-9-5-4-7(13)6-8(9)18(19)20/h4-6H,14H2,1-3H3. The summed E-state index contributed by atoms with van der Waals surface area (Å²) in [7, 11) is 0. The summed E-state index contributed by atoms with van der Waals surface area (Å²) in [5, 5.41) is 19.2. The van der Waals surface area contributed by atoms with Crippen molar-refractivity contribution in [3.63, 3.8) is 0 Å². The van der Waals surface area contributed by atoms with Crippen molar-refractivity contribution >= 4 is 17.4 Å². The summed E-state index contributed by atoms with van der Waals surface area (Å²) in [6, 6.07) is 3.34. The highest BCUT2D eigenvalue weighted by Gasteiger charge is 2.25. The maximum atomic E-state index is 13.1. The Bertz CT molecular complexity index is 695. The molecular weight excluding hydrogens is 297 g/mol. The van der Waals surface area contributed by atoms with Gasteiger partial charge in [0.05, 0.1) is 15.9 Å². The Balaban J connectivity index is 2.40. The monoisotopic (exact) mass is 311 g/mol. The average molecular weight is 311 g/mol. The molecule has 0 radical (unpaired) electrons. The molecule has 112 valence electrons. The Morgan fingerprint density at radius 1 is 1.38 bits per heavy atom. The van der Waals surface area contributed by atoms with E-state index in [1.165, 1.54) is 10.7 Å². The molecule has 0 fully saturated rings. The Kier molecular flexibility index (Phi) is 3.86. The van der Waals surface area contributed by atoms with E-state index in [2.05, 4.69) is 10.2 Å². The number of halogens is 1. The zero-order valence-electron chi connectivity index (χ0n) is 11.7.